The third-order valence-electron chi connectivity index (χ3n) is 2.06. The van der Waals surface area contributed by atoms with Crippen molar-refractivity contribution in [3.8, 4) is 0 Å². The van der Waals surface area contributed by atoms with Crippen LogP contribution in [0.4, 0.5) is 0 Å². The minimum atomic E-state index is -0.555. The van der Waals surface area contributed by atoms with Crippen LogP contribution in [0.5, 0.6) is 0 Å². The molecule has 0 amide bonds. The molecular weight excluding hydrogens is 232 g/mol. The number of esters is 1. The highest BCUT2D eigenvalue weighted by Gasteiger charge is 1.99. The summed E-state index contributed by atoms with van der Waals surface area (Å²) in [5, 5.41) is 8.62. The molecule has 0 spiro atoms. The Hall–Kier alpha value is -0.610. The molecular formula is C14H30O4. The lowest BCUT2D eigenvalue weighted by molar-refractivity contribution is -0.145. The number of carbonyl (C=O) groups excluding carboxylic acids is 1. The highest BCUT2D eigenvalue weighted by molar-refractivity contribution is 5.68. The highest BCUT2D eigenvalue weighted by Crippen LogP contribution is 1.91. The second-order valence-corrected chi connectivity index (χ2v) is 4.21. The van der Waals surface area contributed by atoms with Crippen LogP contribution in [0.3, 0.4) is 0 Å². The fraction of sp³-hybridized carbons (Fsp3) is 0.929. The minimum absolute atomic E-state index is 0.104. The van der Waals surface area contributed by atoms with Crippen molar-refractivity contribution in [2.75, 3.05) is 19.8 Å². The number of aliphatic hydroxyl groups is 1. The average Bonchev–Trinajstić information content (AvgIpc) is 2.36. The van der Waals surface area contributed by atoms with E-state index >= 15 is 0 Å². The van der Waals surface area contributed by atoms with Crippen molar-refractivity contribution in [3.05, 3.63) is 0 Å². The van der Waals surface area contributed by atoms with Crippen molar-refractivity contribution < 1.29 is 19.4 Å². The number of rotatable bonds is 9. The van der Waals surface area contributed by atoms with Gasteiger partial charge in [-0.25, -0.2) is 0 Å². The first-order valence-electron chi connectivity index (χ1n) is 6.99. The third-order valence-corrected chi connectivity index (χ3v) is 2.06. The molecule has 0 saturated heterocycles. The van der Waals surface area contributed by atoms with Crippen LogP contribution in [-0.2, 0) is 14.3 Å². The Morgan fingerprint density at radius 2 is 1.61 bits per heavy atom. The first kappa shape index (κ1) is 19.7. The van der Waals surface area contributed by atoms with E-state index in [-0.39, 0.29) is 12.6 Å². The molecule has 1 unspecified atom stereocenters. The van der Waals surface area contributed by atoms with E-state index in [0.717, 1.165) is 13.2 Å². The van der Waals surface area contributed by atoms with Crippen molar-refractivity contribution in [2.45, 2.75) is 65.9 Å². The largest absolute Gasteiger partial charge is 0.463 e. The molecule has 0 aromatic heterocycles. The smallest absolute Gasteiger partial charge is 0.305 e. The summed E-state index contributed by atoms with van der Waals surface area (Å²) in [6.07, 6.45) is 4.72. The Morgan fingerprint density at radius 1 is 1.11 bits per heavy atom. The quantitative estimate of drug-likeness (QED) is 0.513. The summed E-state index contributed by atoms with van der Waals surface area (Å²) in [7, 11) is 0. The Bertz CT molecular complexity index is 163. The van der Waals surface area contributed by atoms with E-state index in [9.17, 15) is 4.79 Å². The van der Waals surface area contributed by atoms with Gasteiger partial charge in [0.25, 0.3) is 0 Å². The van der Waals surface area contributed by atoms with Gasteiger partial charge in [-0.3, -0.25) is 4.79 Å². The lowest BCUT2D eigenvalue weighted by Crippen LogP contribution is -2.14. The number of hydrogen-bond donors (Lipinski definition) is 1. The maximum atomic E-state index is 10.4. The number of ether oxygens (including phenoxy) is 2. The molecule has 0 fully saturated rings. The zero-order chi connectivity index (χ0) is 14.2. The van der Waals surface area contributed by atoms with E-state index in [2.05, 4.69) is 18.6 Å². The fourth-order valence-electron chi connectivity index (χ4n) is 0.910. The maximum Gasteiger partial charge on any atom is 0.305 e. The van der Waals surface area contributed by atoms with Crippen molar-refractivity contribution >= 4 is 5.97 Å². The first-order valence-corrected chi connectivity index (χ1v) is 6.99. The van der Waals surface area contributed by atoms with Gasteiger partial charge in [0.05, 0.1) is 6.10 Å². The van der Waals surface area contributed by atoms with Crippen LogP contribution in [0.25, 0.3) is 0 Å². The molecule has 4 heteroatoms. The van der Waals surface area contributed by atoms with Gasteiger partial charge < -0.3 is 14.6 Å². The number of aliphatic hydroxyl groups excluding tert-OH is 1. The van der Waals surface area contributed by atoms with Crippen LogP contribution < -0.4 is 0 Å². The molecule has 0 heterocycles. The fourth-order valence-corrected chi connectivity index (χ4v) is 0.910. The molecule has 1 atom stereocenters. The summed E-state index contributed by atoms with van der Waals surface area (Å²) >= 11 is 0. The molecule has 0 aromatic rings. The standard InChI is InChI=1S/C8H18O.C6H12O3/c1-3-5-7-9-8-6-4-2;1-3-6(8)9-4-5(2)7/h3-8H2,1-2H3;5,7H,3-4H2,1-2H3. The number of unbranched alkanes of at least 4 members (excludes halogenated alkanes) is 2. The molecule has 0 aliphatic carbocycles. The lowest BCUT2D eigenvalue weighted by atomic mass is 10.3. The summed E-state index contributed by atoms with van der Waals surface area (Å²) in [6, 6.07) is 0. The predicted molar refractivity (Wildman–Crippen MR) is 73.6 cm³/mol. The van der Waals surface area contributed by atoms with Gasteiger partial charge in [0.15, 0.2) is 0 Å². The molecule has 1 N–H and O–H groups in total. The van der Waals surface area contributed by atoms with Crippen LogP contribution in [0.1, 0.15) is 59.8 Å². The Balaban J connectivity index is 0. The van der Waals surface area contributed by atoms with Crippen LogP contribution in [0, 0.1) is 0 Å². The molecule has 4 nitrogen and oxygen atoms in total. The average molecular weight is 262 g/mol. The molecule has 0 bridgehead atoms. The Morgan fingerprint density at radius 3 is 1.94 bits per heavy atom. The maximum absolute atomic E-state index is 10.4. The summed E-state index contributed by atoms with van der Waals surface area (Å²) in [5.41, 5.74) is 0. The van der Waals surface area contributed by atoms with E-state index in [1.165, 1.54) is 25.7 Å². The predicted octanol–water partition coefficient (Wildman–Crippen LogP) is 2.92. The first-order chi connectivity index (χ1) is 8.58. The van der Waals surface area contributed by atoms with Crippen molar-refractivity contribution in [1.29, 1.82) is 0 Å². The van der Waals surface area contributed by atoms with Gasteiger partial charge >= 0.3 is 5.97 Å². The molecule has 110 valence electrons. The van der Waals surface area contributed by atoms with E-state index in [4.69, 9.17) is 9.84 Å². The van der Waals surface area contributed by atoms with Gasteiger partial charge in [-0.05, 0) is 19.8 Å². The molecule has 18 heavy (non-hydrogen) atoms. The lowest BCUT2D eigenvalue weighted by Gasteiger charge is -2.03. The second-order valence-electron chi connectivity index (χ2n) is 4.21. The SMILES string of the molecule is CCC(=O)OCC(C)O.CCCCOCCCC. The molecule has 0 aliphatic heterocycles. The number of hydrogen-bond acceptors (Lipinski definition) is 4. The molecule has 0 aromatic carbocycles. The molecule has 0 saturated carbocycles. The summed E-state index contributed by atoms with van der Waals surface area (Å²) < 4.78 is 9.88. The molecule has 0 rings (SSSR count). The van der Waals surface area contributed by atoms with Crippen molar-refractivity contribution in [1.82, 2.24) is 0 Å². The molecule has 0 aliphatic rings. The molecule has 0 radical (unpaired) electrons. The van der Waals surface area contributed by atoms with Crippen LogP contribution >= 0.6 is 0 Å². The van der Waals surface area contributed by atoms with Crippen LogP contribution in [0.15, 0.2) is 0 Å². The number of carbonyl (C=O) groups is 1. The van der Waals surface area contributed by atoms with Crippen molar-refractivity contribution in [2.24, 2.45) is 0 Å². The highest BCUT2D eigenvalue weighted by atomic mass is 16.5. The zero-order valence-electron chi connectivity index (χ0n) is 12.4. The monoisotopic (exact) mass is 262 g/mol. The van der Waals surface area contributed by atoms with E-state index in [0.29, 0.717) is 6.42 Å². The van der Waals surface area contributed by atoms with Gasteiger partial charge in [-0.15, -0.1) is 0 Å². The summed E-state index contributed by atoms with van der Waals surface area (Å²) in [6.45, 7) is 9.67. The van der Waals surface area contributed by atoms with Gasteiger partial charge in [0.1, 0.15) is 6.61 Å². The zero-order valence-corrected chi connectivity index (χ0v) is 12.4. The third kappa shape index (κ3) is 20.8. The normalized spacial score (nSPS) is 11.4. The summed E-state index contributed by atoms with van der Waals surface area (Å²) in [5.74, 6) is -0.268. The van der Waals surface area contributed by atoms with Gasteiger partial charge in [-0.2, -0.15) is 0 Å². The van der Waals surface area contributed by atoms with Crippen LogP contribution in [0.2, 0.25) is 0 Å². The Labute approximate surface area is 112 Å². The topological polar surface area (TPSA) is 55.8 Å². The summed E-state index contributed by atoms with van der Waals surface area (Å²) in [4.78, 5) is 10.4. The Kier molecular flexibility index (Phi) is 18.0. The second kappa shape index (κ2) is 16.4. The van der Waals surface area contributed by atoms with Crippen molar-refractivity contribution in [3.63, 3.8) is 0 Å². The van der Waals surface area contributed by atoms with Crippen LogP contribution in [-0.4, -0.2) is 37.0 Å². The van der Waals surface area contributed by atoms with Gasteiger partial charge in [0, 0.05) is 19.6 Å². The van der Waals surface area contributed by atoms with E-state index < -0.39 is 6.10 Å². The van der Waals surface area contributed by atoms with E-state index in [1.807, 2.05) is 0 Å². The van der Waals surface area contributed by atoms with E-state index in [1.54, 1.807) is 13.8 Å². The van der Waals surface area contributed by atoms with Gasteiger partial charge in [0.2, 0.25) is 0 Å². The minimum Gasteiger partial charge on any atom is -0.463 e. The van der Waals surface area contributed by atoms with Gasteiger partial charge in [-0.1, -0.05) is 33.6 Å².